The van der Waals surface area contributed by atoms with Gasteiger partial charge < -0.3 is 14.4 Å². The van der Waals surface area contributed by atoms with Crippen LogP contribution in [0, 0.1) is 0 Å². The third-order valence-corrected chi connectivity index (χ3v) is 24.2. The second-order valence-electron chi connectivity index (χ2n) is 31.5. The number of benzene rings is 17. The first kappa shape index (κ1) is 66.1. The second-order valence-corrected chi connectivity index (χ2v) is 31.5. The monoisotopic (exact) mass is 1410 g/mol. The maximum atomic E-state index is 2.42. The SMILES string of the molecule is CC1(C)c2ccccc2-c2ccc(N(c3ccc(-c4ccccc4)cc3)c3ccc(-c4cccc5c6c(ccc45)-c4ccccc4C6(C)C)cc3)cc21.CC1(C)c2ccccc2-c2ccc3c(-c4ccc(N(c5ccc(-c6ccccc6)cc5)c5ccc6c7ccccc7n(-c7ccccc7)c6c5)cc4)cccc3c21. The lowest BCUT2D eigenvalue weighted by atomic mass is 9.79. The zero-order valence-corrected chi connectivity index (χ0v) is 62.7. The minimum atomic E-state index is -0.0842. The molecular weight excluding hydrogens is 1330 g/mol. The Bertz CT molecular complexity index is 6620. The molecule has 3 heteroatoms. The smallest absolute Gasteiger partial charge is 0.0561 e. The van der Waals surface area contributed by atoms with E-state index in [0.29, 0.717) is 0 Å². The molecule has 0 unspecified atom stereocenters. The highest BCUT2D eigenvalue weighted by Gasteiger charge is 2.40. The summed E-state index contributed by atoms with van der Waals surface area (Å²) in [6.07, 6.45) is 0. The van der Waals surface area contributed by atoms with Crippen LogP contribution in [0.2, 0.25) is 0 Å². The first-order chi connectivity index (χ1) is 53.8. The van der Waals surface area contributed by atoms with E-state index in [9.17, 15) is 0 Å². The molecule has 3 nitrogen and oxygen atoms in total. The van der Waals surface area contributed by atoms with Crippen molar-refractivity contribution in [2.24, 2.45) is 0 Å². The molecule has 17 aromatic carbocycles. The van der Waals surface area contributed by atoms with Gasteiger partial charge in [0.15, 0.2) is 0 Å². The van der Waals surface area contributed by atoms with Crippen molar-refractivity contribution < 1.29 is 0 Å². The average Bonchev–Trinajstić information content (AvgIpc) is 1.57. The first-order valence-corrected chi connectivity index (χ1v) is 38.6. The fourth-order valence-electron chi connectivity index (χ4n) is 18.9. The summed E-state index contributed by atoms with van der Waals surface area (Å²) in [6.45, 7) is 14.2. The molecule has 18 aromatic rings. The summed E-state index contributed by atoms with van der Waals surface area (Å²) < 4.78 is 2.39. The molecule has 0 saturated carbocycles. The first-order valence-electron chi connectivity index (χ1n) is 38.6. The van der Waals surface area contributed by atoms with Crippen LogP contribution < -0.4 is 9.80 Å². The zero-order chi connectivity index (χ0) is 74.0. The van der Waals surface area contributed by atoms with E-state index >= 15 is 0 Å². The van der Waals surface area contributed by atoms with Crippen molar-refractivity contribution >= 4 is 77.5 Å². The number of hydrogen-bond donors (Lipinski definition) is 0. The average molecular weight is 1410 g/mol. The molecule has 0 saturated heterocycles. The Morgan fingerprint density at radius 1 is 0.191 bits per heavy atom. The molecule has 0 fully saturated rings. The Kier molecular flexibility index (Phi) is 15.6. The maximum absolute atomic E-state index is 2.42. The van der Waals surface area contributed by atoms with Crippen LogP contribution in [-0.2, 0) is 16.2 Å². The van der Waals surface area contributed by atoms with Gasteiger partial charge in [-0.3, -0.25) is 0 Å². The van der Waals surface area contributed by atoms with Crippen LogP contribution in [0.4, 0.5) is 34.1 Å². The number of aromatic nitrogens is 1. The molecule has 0 atom stereocenters. The van der Waals surface area contributed by atoms with Gasteiger partial charge >= 0.3 is 0 Å². The van der Waals surface area contributed by atoms with Crippen LogP contribution in [0.5, 0.6) is 0 Å². The predicted octanol–water partition coefficient (Wildman–Crippen LogP) is 29.3. The normalized spacial score (nSPS) is 13.6. The van der Waals surface area contributed by atoms with Gasteiger partial charge in [-0.1, -0.05) is 333 Å². The summed E-state index contributed by atoms with van der Waals surface area (Å²) in [7, 11) is 0. The van der Waals surface area contributed by atoms with Crippen LogP contribution in [0.15, 0.2) is 382 Å². The quantitative estimate of drug-likeness (QED) is 0.128. The molecule has 21 rings (SSSR count). The number of hydrogen-bond acceptors (Lipinski definition) is 2. The van der Waals surface area contributed by atoms with Crippen molar-refractivity contribution in [3.05, 3.63) is 416 Å². The molecule has 3 aliphatic rings. The third kappa shape index (κ3) is 10.7. The lowest BCUT2D eigenvalue weighted by molar-refractivity contribution is 0.660. The third-order valence-electron chi connectivity index (χ3n) is 24.2. The van der Waals surface area contributed by atoms with Crippen LogP contribution in [0.25, 0.3) is 127 Å². The molecule has 0 spiro atoms. The van der Waals surface area contributed by atoms with Crippen molar-refractivity contribution in [2.45, 2.75) is 57.8 Å². The summed E-state index contributed by atoms with van der Waals surface area (Å²) >= 11 is 0. The number of nitrogens with zero attached hydrogens (tertiary/aromatic N) is 3. The summed E-state index contributed by atoms with van der Waals surface area (Å²) in [4.78, 5) is 4.80. The van der Waals surface area contributed by atoms with Gasteiger partial charge in [-0.25, -0.2) is 0 Å². The molecule has 0 bridgehead atoms. The van der Waals surface area contributed by atoms with E-state index < -0.39 is 0 Å². The zero-order valence-electron chi connectivity index (χ0n) is 62.7. The molecule has 0 aliphatic heterocycles. The van der Waals surface area contributed by atoms with Gasteiger partial charge in [-0.05, 0) is 224 Å². The van der Waals surface area contributed by atoms with E-state index in [1.165, 1.54) is 155 Å². The molecule has 1 heterocycles. The van der Waals surface area contributed by atoms with Gasteiger partial charge in [0.05, 0.1) is 11.0 Å². The summed E-state index contributed by atoms with van der Waals surface area (Å²) in [5.41, 5.74) is 36.4. The van der Waals surface area contributed by atoms with Crippen molar-refractivity contribution in [3.8, 4) is 83.6 Å². The van der Waals surface area contributed by atoms with Gasteiger partial charge in [0.2, 0.25) is 0 Å². The molecule has 0 N–H and O–H groups in total. The Hall–Kier alpha value is -13.3. The minimum absolute atomic E-state index is 0.0593. The highest BCUT2D eigenvalue weighted by Crippen LogP contribution is 2.56. The van der Waals surface area contributed by atoms with Crippen LogP contribution in [0.1, 0.15) is 74.9 Å². The van der Waals surface area contributed by atoms with Crippen molar-refractivity contribution in [1.29, 1.82) is 0 Å². The van der Waals surface area contributed by atoms with Gasteiger partial charge in [0.1, 0.15) is 0 Å². The summed E-state index contributed by atoms with van der Waals surface area (Å²) in [6, 6.07) is 141. The lowest BCUT2D eigenvalue weighted by Crippen LogP contribution is -2.16. The summed E-state index contributed by atoms with van der Waals surface area (Å²) in [5, 5.41) is 7.75. The fourth-order valence-corrected chi connectivity index (χ4v) is 18.9. The highest BCUT2D eigenvalue weighted by atomic mass is 15.1. The Labute approximate surface area is 644 Å². The Morgan fingerprint density at radius 3 is 0.991 bits per heavy atom. The number of rotatable bonds is 11. The van der Waals surface area contributed by atoms with E-state index in [0.717, 1.165) is 39.8 Å². The van der Waals surface area contributed by atoms with Crippen molar-refractivity contribution in [1.82, 2.24) is 4.57 Å². The van der Waals surface area contributed by atoms with E-state index in [-0.39, 0.29) is 16.2 Å². The molecule has 0 amide bonds. The van der Waals surface area contributed by atoms with Gasteiger partial charge in [0.25, 0.3) is 0 Å². The standard InChI is InChI=1S/C55H40N2.C52H41N/c1-55(2)51-22-11-9-18-46(51)50-35-34-45-44(20-13-21-49(45)54(50)55)39-26-30-42(31-27-39)56(41-28-24-38(25-29-41)37-14-5-3-6-15-37)43-32-33-48-47-19-10-12-23-52(47)57(53(48)36-43)40-16-7-4-8-17-40;1-51(2)47-19-10-8-15-42(47)44-30-29-39(33-49(44)51)53(37-25-21-35(22-26-37)34-13-6-5-7-14-34)38-27-23-36(24-28-38)40-17-12-18-45-41(40)31-32-46-43-16-9-11-20-48(43)52(3,4)50(45)46/h3-36H,1-2H3;5-33H,1-4H3. The Morgan fingerprint density at radius 2 is 0.509 bits per heavy atom. The highest BCUT2D eigenvalue weighted by molar-refractivity contribution is 6.11. The van der Waals surface area contributed by atoms with Crippen LogP contribution in [-0.4, -0.2) is 4.57 Å². The molecule has 0 radical (unpaired) electrons. The lowest BCUT2D eigenvalue weighted by Gasteiger charge is -2.28. The number of fused-ring (bicyclic) bond motifs is 16. The molecule has 3 aliphatic carbocycles. The van der Waals surface area contributed by atoms with Gasteiger partial charge in [-0.2, -0.15) is 0 Å². The number of para-hydroxylation sites is 2. The predicted molar refractivity (Wildman–Crippen MR) is 466 cm³/mol. The van der Waals surface area contributed by atoms with E-state index in [1.54, 1.807) is 0 Å². The van der Waals surface area contributed by atoms with Crippen LogP contribution in [0.3, 0.4) is 0 Å². The minimum Gasteiger partial charge on any atom is -0.310 e. The van der Waals surface area contributed by atoms with E-state index in [1.807, 2.05) is 0 Å². The number of anilines is 6. The van der Waals surface area contributed by atoms with Crippen molar-refractivity contribution in [3.63, 3.8) is 0 Å². The maximum Gasteiger partial charge on any atom is 0.0561 e. The van der Waals surface area contributed by atoms with Crippen molar-refractivity contribution in [2.75, 3.05) is 9.80 Å². The van der Waals surface area contributed by atoms with E-state index in [4.69, 9.17) is 0 Å². The van der Waals surface area contributed by atoms with Gasteiger partial charge in [-0.15, -0.1) is 0 Å². The van der Waals surface area contributed by atoms with E-state index in [2.05, 4.69) is 438 Å². The molecule has 1 aromatic heterocycles. The topological polar surface area (TPSA) is 11.4 Å². The molecular formula is C107H81N3. The fraction of sp³-hybridized carbons (Fsp3) is 0.0841. The second kappa shape index (κ2) is 26.0. The summed E-state index contributed by atoms with van der Waals surface area (Å²) in [5.74, 6) is 0. The molecule has 524 valence electrons. The van der Waals surface area contributed by atoms with Crippen LogP contribution >= 0.6 is 0 Å². The Balaban J connectivity index is 0.000000144. The largest absolute Gasteiger partial charge is 0.310 e. The van der Waals surface area contributed by atoms with Gasteiger partial charge in [0, 0.05) is 66.8 Å². The molecule has 110 heavy (non-hydrogen) atoms.